The predicted molar refractivity (Wildman–Crippen MR) is 68.5 cm³/mol. The van der Waals surface area contributed by atoms with Crippen LogP contribution in [0.5, 0.6) is 5.75 Å². The summed E-state index contributed by atoms with van der Waals surface area (Å²) in [5, 5.41) is 8.02. The molecule has 0 aliphatic heterocycles. The first-order valence-electron chi connectivity index (χ1n) is 5.84. The first-order chi connectivity index (χ1) is 8.67. The van der Waals surface area contributed by atoms with Gasteiger partial charge in [0.15, 0.2) is 0 Å². The molecule has 0 aliphatic carbocycles. The van der Waals surface area contributed by atoms with Crippen LogP contribution >= 0.6 is 0 Å². The van der Waals surface area contributed by atoms with E-state index in [1.165, 1.54) is 0 Å². The summed E-state index contributed by atoms with van der Waals surface area (Å²) in [6, 6.07) is 3.84. The topological polar surface area (TPSA) is 74.2 Å². The van der Waals surface area contributed by atoms with E-state index in [1.807, 2.05) is 26.0 Å². The highest BCUT2D eigenvalue weighted by atomic mass is 16.5. The van der Waals surface area contributed by atoms with Crippen LogP contribution in [0.4, 0.5) is 0 Å². The van der Waals surface area contributed by atoms with Crippen molar-refractivity contribution in [3.8, 4) is 17.2 Å². The molecule has 2 aromatic rings. The summed E-state index contributed by atoms with van der Waals surface area (Å²) < 4.78 is 10.9. The summed E-state index contributed by atoms with van der Waals surface area (Å²) in [6.07, 6.45) is 0.598. The lowest BCUT2D eigenvalue weighted by Gasteiger charge is -2.09. The number of hydrogen-bond acceptors (Lipinski definition) is 5. The molecule has 1 aromatic heterocycles. The smallest absolute Gasteiger partial charge is 0.248 e. The van der Waals surface area contributed by atoms with E-state index in [2.05, 4.69) is 10.2 Å². The SMILES string of the molecule is COc1ccc(-c2nnc(CCN)o2)c(C)c1C. The number of ether oxygens (including phenoxy) is 1. The van der Waals surface area contributed by atoms with Crippen LogP contribution in [-0.2, 0) is 6.42 Å². The van der Waals surface area contributed by atoms with Crippen LogP contribution < -0.4 is 10.5 Å². The van der Waals surface area contributed by atoms with Gasteiger partial charge < -0.3 is 14.9 Å². The molecule has 18 heavy (non-hydrogen) atoms. The quantitative estimate of drug-likeness (QED) is 0.892. The van der Waals surface area contributed by atoms with Gasteiger partial charge in [0.25, 0.3) is 0 Å². The van der Waals surface area contributed by atoms with Crippen molar-refractivity contribution in [2.24, 2.45) is 5.73 Å². The second kappa shape index (κ2) is 5.18. The molecular formula is C13H17N3O2. The molecule has 0 fully saturated rings. The fourth-order valence-electron chi connectivity index (χ4n) is 1.84. The Bertz CT molecular complexity index is 549. The molecule has 0 bridgehead atoms. The highest BCUT2D eigenvalue weighted by Crippen LogP contribution is 2.30. The minimum absolute atomic E-state index is 0.502. The Balaban J connectivity index is 2.41. The lowest BCUT2D eigenvalue weighted by Crippen LogP contribution is -2.02. The molecule has 1 heterocycles. The fraction of sp³-hybridized carbons (Fsp3) is 0.385. The van der Waals surface area contributed by atoms with Crippen molar-refractivity contribution in [2.45, 2.75) is 20.3 Å². The van der Waals surface area contributed by atoms with Crippen molar-refractivity contribution in [1.82, 2.24) is 10.2 Å². The lowest BCUT2D eigenvalue weighted by molar-refractivity contribution is 0.411. The molecule has 0 saturated carbocycles. The van der Waals surface area contributed by atoms with Gasteiger partial charge in [-0.15, -0.1) is 10.2 Å². The molecule has 2 N–H and O–H groups in total. The average Bonchev–Trinajstić information content (AvgIpc) is 2.81. The van der Waals surface area contributed by atoms with Gasteiger partial charge in [-0.05, 0) is 37.1 Å². The van der Waals surface area contributed by atoms with E-state index >= 15 is 0 Å². The molecule has 0 amide bonds. The van der Waals surface area contributed by atoms with Gasteiger partial charge in [-0.25, -0.2) is 0 Å². The molecular weight excluding hydrogens is 230 g/mol. The molecule has 0 atom stereocenters. The number of nitrogens with two attached hydrogens (primary N) is 1. The summed E-state index contributed by atoms with van der Waals surface area (Å²) >= 11 is 0. The zero-order chi connectivity index (χ0) is 13.1. The van der Waals surface area contributed by atoms with Crippen molar-refractivity contribution in [1.29, 1.82) is 0 Å². The maximum absolute atomic E-state index is 5.58. The fourth-order valence-corrected chi connectivity index (χ4v) is 1.84. The monoisotopic (exact) mass is 247 g/mol. The second-order valence-corrected chi connectivity index (χ2v) is 4.11. The van der Waals surface area contributed by atoms with E-state index in [1.54, 1.807) is 7.11 Å². The van der Waals surface area contributed by atoms with E-state index in [0.717, 1.165) is 22.4 Å². The second-order valence-electron chi connectivity index (χ2n) is 4.11. The molecule has 0 radical (unpaired) electrons. The highest BCUT2D eigenvalue weighted by Gasteiger charge is 2.13. The Morgan fingerprint density at radius 1 is 1.22 bits per heavy atom. The Morgan fingerprint density at radius 3 is 2.67 bits per heavy atom. The Labute approximate surface area is 106 Å². The van der Waals surface area contributed by atoms with E-state index < -0.39 is 0 Å². The summed E-state index contributed by atoms with van der Waals surface area (Å²) in [6.45, 7) is 4.52. The van der Waals surface area contributed by atoms with Gasteiger partial charge in [-0.1, -0.05) is 0 Å². The molecule has 96 valence electrons. The van der Waals surface area contributed by atoms with Crippen molar-refractivity contribution >= 4 is 0 Å². The molecule has 0 unspecified atom stereocenters. The third-order valence-corrected chi connectivity index (χ3v) is 3.01. The minimum atomic E-state index is 0.502. The average molecular weight is 247 g/mol. The van der Waals surface area contributed by atoms with Crippen molar-refractivity contribution in [3.63, 3.8) is 0 Å². The van der Waals surface area contributed by atoms with Crippen molar-refractivity contribution < 1.29 is 9.15 Å². The summed E-state index contributed by atoms with van der Waals surface area (Å²) in [5.41, 5.74) is 8.55. The number of rotatable bonds is 4. The predicted octanol–water partition coefficient (Wildman–Crippen LogP) is 1.86. The number of methoxy groups -OCH3 is 1. The summed E-state index contributed by atoms with van der Waals surface area (Å²) in [7, 11) is 1.66. The molecule has 0 aliphatic rings. The Kier molecular flexibility index (Phi) is 3.62. The van der Waals surface area contributed by atoms with Gasteiger partial charge in [0.1, 0.15) is 5.75 Å². The molecule has 0 saturated heterocycles. The molecule has 0 spiro atoms. The third-order valence-electron chi connectivity index (χ3n) is 3.01. The van der Waals surface area contributed by atoms with E-state index in [-0.39, 0.29) is 0 Å². The van der Waals surface area contributed by atoms with Crippen LogP contribution in [0.15, 0.2) is 16.5 Å². The van der Waals surface area contributed by atoms with Crippen LogP contribution in [0.1, 0.15) is 17.0 Å². The largest absolute Gasteiger partial charge is 0.496 e. The Hall–Kier alpha value is -1.88. The molecule has 1 aromatic carbocycles. The summed E-state index contributed by atoms with van der Waals surface area (Å²) in [5.74, 6) is 1.96. The lowest BCUT2D eigenvalue weighted by atomic mass is 10.0. The normalized spacial score (nSPS) is 10.7. The van der Waals surface area contributed by atoms with Crippen LogP contribution in [-0.4, -0.2) is 23.9 Å². The third kappa shape index (κ3) is 2.22. The zero-order valence-corrected chi connectivity index (χ0v) is 10.9. The summed E-state index contributed by atoms with van der Waals surface area (Å²) in [4.78, 5) is 0. The Morgan fingerprint density at radius 2 is 2.00 bits per heavy atom. The first-order valence-corrected chi connectivity index (χ1v) is 5.84. The maximum Gasteiger partial charge on any atom is 0.248 e. The molecule has 5 heteroatoms. The number of nitrogens with zero attached hydrogens (tertiary/aromatic N) is 2. The standard InChI is InChI=1S/C13H17N3O2/c1-8-9(2)11(17-3)5-4-10(8)13-16-15-12(18-13)6-7-14/h4-5H,6-7,14H2,1-3H3. The highest BCUT2D eigenvalue weighted by molar-refractivity contribution is 5.62. The van der Waals surface area contributed by atoms with Crippen LogP contribution in [0.2, 0.25) is 0 Å². The maximum atomic E-state index is 5.58. The van der Waals surface area contributed by atoms with E-state index in [0.29, 0.717) is 24.7 Å². The minimum Gasteiger partial charge on any atom is -0.496 e. The molecule has 2 rings (SSSR count). The van der Waals surface area contributed by atoms with E-state index in [4.69, 9.17) is 14.9 Å². The molecule has 5 nitrogen and oxygen atoms in total. The van der Waals surface area contributed by atoms with Gasteiger partial charge in [-0.3, -0.25) is 0 Å². The van der Waals surface area contributed by atoms with Crippen LogP contribution in [0.3, 0.4) is 0 Å². The number of hydrogen-bond donors (Lipinski definition) is 1. The van der Waals surface area contributed by atoms with Crippen molar-refractivity contribution in [3.05, 3.63) is 29.2 Å². The van der Waals surface area contributed by atoms with Gasteiger partial charge >= 0.3 is 0 Å². The van der Waals surface area contributed by atoms with Gasteiger partial charge in [0, 0.05) is 18.5 Å². The van der Waals surface area contributed by atoms with Gasteiger partial charge in [0.05, 0.1) is 7.11 Å². The number of benzene rings is 1. The van der Waals surface area contributed by atoms with Gasteiger partial charge in [0.2, 0.25) is 11.8 Å². The van der Waals surface area contributed by atoms with E-state index in [9.17, 15) is 0 Å². The van der Waals surface area contributed by atoms with Crippen LogP contribution in [0.25, 0.3) is 11.5 Å². The van der Waals surface area contributed by atoms with Crippen LogP contribution in [0, 0.1) is 13.8 Å². The zero-order valence-electron chi connectivity index (χ0n) is 10.9. The van der Waals surface area contributed by atoms with Gasteiger partial charge in [-0.2, -0.15) is 0 Å². The first kappa shape index (κ1) is 12.6. The number of aromatic nitrogens is 2. The van der Waals surface area contributed by atoms with Crippen molar-refractivity contribution in [2.75, 3.05) is 13.7 Å².